The van der Waals surface area contributed by atoms with E-state index in [2.05, 4.69) is 25.1 Å². The van der Waals surface area contributed by atoms with Crippen LogP contribution in [0.1, 0.15) is 32.3 Å². The van der Waals surface area contributed by atoms with Crippen LogP contribution in [0.5, 0.6) is 0 Å². The number of rotatable bonds is 3. The first-order chi connectivity index (χ1) is 9.38. The predicted molar refractivity (Wildman–Crippen MR) is 84.9 cm³/mol. The van der Waals surface area contributed by atoms with E-state index < -0.39 is 4.75 Å². The summed E-state index contributed by atoms with van der Waals surface area (Å²) >= 11 is 1.64. The maximum Gasteiger partial charge on any atom is 0.238 e. The van der Waals surface area contributed by atoms with Crippen LogP contribution >= 0.6 is 11.8 Å². The monoisotopic (exact) mass is 292 g/mol. The van der Waals surface area contributed by atoms with Crippen molar-refractivity contribution in [2.75, 3.05) is 13.1 Å². The van der Waals surface area contributed by atoms with Crippen LogP contribution in [0.3, 0.4) is 0 Å². The molecule has 1 aliphatic heterocycles. The first-order valence-electron chi connectivity index (χ1n) is 7.19. The molecular weight excluding hydrogens is 268 g/mol. The van der Waals surface area contributed by atoms with Gasteiger partial charge in [-0.1, -0.05) is 17.7 Å². The number of likely N-dealkylation sites (tertiary alicyclic amines) is 1. The smallest absolute Gasteiger partial charge is 0.238 e. The Morgan fingerprint density at radius 2 is 2.00 bits per heavy atom. The molecule has 110 valence electrons. The number of aryl methyl sites for hydroxylation is 1. The zero-order chi connectivity index (χ0) is 14.8. The highest BCUT2D eigenvalue weighted by molar-refractivity contribution is 8.01. The summed E-state index contributed by atoms with van der Waals surface area (Å²) in [6.45, 7) is 7.67. The topological polar surface area (TPSA) is 46.3 Å². The fourth-order valence-corrected chi connectivity index (χ4v) is 3.70. The van der Waals surface area contributed by atoms with Crippen LogP contribution in [0, 0.1) is 6.92 Å². The number of hydrogen-bond acceptors (Lipinski definition) is 3. The van der Waals surface area contributed by atoms with Crippen LogP contribution in [-0.2, 0) is 4.79 Å². The third-order valence-electron chi connectivity index (χ3n) is 3.70. The third kappa shape index (κ3) is 3.76. The summed E-state index contributed by atoms with van der Waals surface area (Å²) in [7, 11) is 0. The average molecular weight is 292 g/mol. The lowest BCUT2D eigenvalue weighted by atomic mass is 10.0. The Hall–Kier alpha value is -1.00. The fraction of sp³-hybridized carbons (Fsp3) is 0.562. The van der Waals surface area contributed by atoms with E-state index >= 15 is 0 Å². The molecule has 4 heteroatoms. The summed E-state index contributed by atoms with van der Waals surface area (Å²) in [6, 6.07) is 8.57. The van der Waals surface area contributed by atoms with Crippen molar-refractivity contribution in [3.63, 3.8) is 0 Å². The van der Waals surface area contributed by atoms with Crippen molar-refractivity contribution >= 4 is 17.7 Å². The molecule has 0 radical (unpaired) electrons. The van der Waals surface area contributed by atoms with Crippen molar-refractivity contribution in [3.8, 4) is 0 Å². The Labute approximate surface area is 125 Å². The lowest BCUT2D eigenvalue weighted by Crippen LogP contribution is -2.49. The van der Waals surface area contributed by atoms with E-state index in [-0.39, 0.29) is 11.9 Å². The first kappa shape index (κ1) is 15.4. The van der Waals surface area contributed by atoms with Crippen molar-refractivity contribution in [2.45, 2.75) is 49.3 Å². The fourth-order valence-electron chi connectivity index (χ4n) is 2.50. The van der Waals surface area contributed by atoms with Crippen LogP contribution in [0.25, 0.3) is 0 Å². The maximum atomic E-state index is 12.7. The standard InChI is InChI=1S/C16H24N2OS/c1-12-5-4-6-14(11-12)20-16(2,3)15(19)18-9-7-13(17)8-10-18/h4-6,11,13H,7-10,17H2,1-3H3. The van der Waals surface area contributed by atoms with Crippen molar-refractivity contribution in [3.05, 3.63) is 29.8 Å². The molecule has 2 N–H and O–H groups in total. The Morgan fingerprint density at radius 3 is 2.60 bits per heavy atom. The Bertz CT molecular complexity index is 479. The van der Waals surface area contributed by atoms with E-state index in [0.29, 0.717) is 0 Å². The Balaban J connectivity index is 2.03. The lowest BCUT2D eigenvalue weighted by molar-refractivity contribution is -0.134. The third-order valence-corrected chi connectivity index (χ3v) is 4.88. The molecule has 1 saturated heterocycles. The van der Waals surface area contributed by atoms with Gasteiger partial charge in [0.05, 0.1) is 4.75 Å². The summed E-state index contributed by atoms with van der Waals surface area (Å²) < 4.78 is -0.435. The van der Waals surface area contributed by atoms with Gasteiger partial charge in [-0.25, -0.2) is 0 Å². The highest BCUT2D eigenvalue weighted by Gasteiger charge is 2.34. The molecule has 2 rings (SSSR count). The minimum absolute atomic E-state index is 0.218. The number of carbonyl (C=O) groups is 1. The number of benzene rings is 1. The second kappa shape index (κ2) is 6.19. The molecule has 0 bridgehead atoms. The van der Waals surface area contributed by atoms with Gasteiger partial charge in [-0.05, 0) is 45.7 Å². The first-order valence-corrected chi connectivity index (χ1v) is 8.01. The molecular formula is C16H24N2OS. The zero-order valence-corrected chi connectivity index (χ0v) is 13.4. The number of carbonyl (C=O) groups excluding carboxylic acids is 1. The van der Waals surface area contributed by atoms with Gasteiger partial charge < -0.3 is 10.6 Å². The zero-order valence-electron chi connectivity index (χ0n) is 12.6. The van der Waals surface area contributed by atoms with Gasteiger partial charge in [-0.2, -0.15) is 0 Å². The molecule has 3 nitrogen and oxygen atoms in total. The van der Waals surface area contributed by atoms with Gasteiger partial charge in [-0.3, -0.25) is 4.79 Å². The Kier molecular flexibility index (Phi) is 4.76. The van der Waals surface area contributed by atoms with Crippen LogP contribution in [0.15, 0.2) is 29.2 Å². The van der Waals surface area contributed by atoms with Crippen LogP contribution in [0.2, 0.25) is 0 Å². The number of amides is 1. The second-order valence-electron chi connectivity index (χ2n) is 6.06. The van der Waals surface area contributed by atoms with Gasteiger partial charge in [0.2, 0.25) is 5.91 Å². The number of nitrogens with two attached hydrogens (primary N) is 1. The summed E-state index contributed by atoms with van der Waals surface area (Å²) in [6.07, 6.45) is 1.83. The minimum atomic E-state index is -0.435. The van der Waals surface area contributed by atoms with Gasteiger partial charge in [0.1, 0.15) is 0 Å². The highest BCUT2D eigenvalue weighted by Crippen LogP contribution is 2.34. The van der Waals surface area contributed by atoms with E-state index in [4.69, 9.17) is 5.73 Å². The predicted octanol–water partition coefficient (Wildman–Crippen LogP) is 2.82. The van der Waals surface area contributed by atoms with Crippen molar-refractivity contribution in [2.24, 2.45) is 5.73 Å². The van der Waals surface area contributed by atoms with Gasteiger partial charge in [0.25, 0.3) is 0 Å². The SMILES string of the molecule is Cc1cccc(SC(C)(C)C(=O)N2CCC(N)CC2)c1. The van der Waals surface area contributed by atoms with Crippen molar-refractivity contribution in [1.82, 2.24) is 4.90 Å². The average Bonchev–Trinajstić information content (AvgIpc) is 2.38. The second-order valence-corrected chi connectivity index (χ2v) is 7.75. The summed E-state index contributed by atoms with van der Waals surface area (Å²) in [5.41, 5.74) is 7.13. The van der Waals surface area contributed by atoms with E-state index in [1.54, 1.807) is 11.8 Å². The Morgan fingerprint density at radius 1 is 1.35 bits per heavy atom. The molecule has 0 spiro atoms. The molecule has 0 saturated carbocycles. The molecule has 1 fully saturated rings. The minimum Gasteiger partial charge on any atom is -0.341 e. The van der Waals surface area contributed by atoms with Crippen LogP contribution < -0.4 is 5.73 Å². The van der Waals surface area contributed by atoms with E-state index in [9.17, 15) is 4.79 Å². The summed E-state index contributed by atoms with van der Waals surface area (Å²) in [5.74, 6) is 0.218. The quantitative estimate of drug-likeness (QED) is 0.871. The molecule has 1 aliphatic rings. The molecule has 1 heterocycles. The lowest BCUT2D eigenvalue weighted by Gasteiger charge is -2.35. The van der Waals surface area contributed by atoms with Crippen molar-refractivity contribution in [1.29, 1.82) is 0 Å². The number of thioether (sulfide) groups is 1. The molecule has 0 aromatic heterocycles. The molecule has 20 heavy (non-hydrogen) atoms. The molecule has 0 unspecified atom stereocenters. The van der Waals surface area contributed by atoms with Crippen LogP contribution in [0.4, 0.5) is 0 Å². The maximum absolute atomic E-state index is 12.7. The molecule has 0 aliphatic carbocycles. The molecule has 1 aromatic rings. The number of piperidine rings is 1. The largest absolute Gasteiger partial charge is 0.341 e. The summed E-state index contributed by atoms with van der Waals surface area (Å²) in [4.78, 5) is 15.8. The van der Waals surface area contributed by atoms with Gasteiger partial charge in [0, 0.05) is 24.0 Å². The van der Waals surface area contributed by atoms with Crippen molar-refractivity contribution < 1.29 is 4.79 Å². The molecule has 1 amide bonds. The van der Waals surface area contributed by atoms with E-state index in [1.165, 1.54) is 5.56 Å². The van der Waals surface area contributed by atoms with E-state index in [0.717, 1.165) is 30.8 Å². The summed E-state index contributed by atoms with van der Waals surface area (Å²) in [5, 5.41) is 0. The van der Waals surface area contributed by atoms with Crippen LogP contribution in [-0.4, -0.2) is 34.7 Å². The number of hydrogen-bond donors (Lipinski definition) is 1. The molecule has 1 aromatic carbocycles. The highest BCUT2D eigenvalue weighted by atomic mass is 32.2. The van der Waals surface area contributed by atoms with Gasteiger partial charge in [-0.15, -0.1) is 11.8 Å². The normalized spacial score (nSPS) is 17.3. The molecule has 0 atom stereocenters. The van der Waals surface area contributed by atoms with Gasteiger partial charge >= 0.3 is 0 Å². The number of nitrogens with zero attached hydrogens (tertiary/aromatic N) is 1. The van der Waals surface area contributed by atoms with E-state index in [1.807, 2.05) is 24.8 Å². The van der Waals surface area contributed by atoms with Gasteiger partial charge in [0.15, 0.2) is 0 Å².